The highest BCUT2D eigenvalue weighted by atomic mass is 35.5. The van der Waals surface area contributed by atoms with Gasteiger partial charge in [0.2, 0.25) is 10.0 Å². The van der Waals surface area contributed by atoms with Crippen molar-refractivity contribution < 1.29 is 13.2 Å². The monoisotopic (exact) mass is 400 g/mol. The number of rotatable bonds is 6. The van der Waals surface area contributed by atoms with Crippen molar-refractivity contribution in [3.05, 3.63) is 58.3 Å². The van der Waals surface area contributed by atoms with E-state index in [1.165, 1.54) is 31.5 Å². The highest BCUT2D eigenvalue weighted by Gasteiger charge is 2.25. The van der Waals surface area contributed by atoms with Crippen molar-refractivity contribution in [3.8, 4) is 0 Å². The van der Waals surface area contributed by atoms with E-state index in [2.05, 4.69) is 15.5 Å². The van der Waals surface area contributed by atoms with E-state index < -0.39 is 22.5 Å². The zero-order valence-corrected chi connectivity index (χ0v) is 15.4. The van der Waals surface area contributed by atoms with E-state index in [-0.39, 0.29) is 14.9 Å². The number of likely N-dealkylation sites (N-methyl/N-ethyl adjacent to an activating group) is 1. The smallest absolute Gasteiger partial charge is 0.255 e. The van der Waals surface area contributed by atoms with Gasteiger partial charge in [-0.25, -0.2) is 13.8 Å². The van der Waals surface area contributed by atoms with Crippen LogP contribution in [0.1, 0.15) is 5.56 Å². The molecule has 1 aromatic carbocycles. The summed E-state index contributed by atoms with van der Waals surface area (Å²) in [5.74, 6) is -0.607. The Balaban J connectivity index is 2.02. The number of carbonyl (C=O) groups excluding carboxylic acids is 1. The summed E-state index contributed by atoms with van der Waals surface area (Å²) in [5.41, 5.74) is 2.94. The predicted molar refractivity (Wildman–Crippen MR) is 96.3 cm³/mol. The van der Waals surface area contributed by atoms with Gasteiger partial charge in [-0.3, -0.25) is 9.78 Å². The molecule has 0 spiro atoms. The molecule has 0 atom stereocenters. The Labute approximate surface area is 155 Å². The van der Waals surface area contributed by atoms with Crippen LogP contribution in [0.5, 0.6) is 0 Å². The number of pyridine rings is 1. The van der Waals surface area contributed by atoms with E-state index in [4.69, 9.17) is 23.2 Å². The largest absolute Gasteiger partial charge is 0.272 e. The van der Waals surface area contributed by atoms with Crippen LogP contribution in [0.2, 0.25) is 10.0 Å². The van der Waals surface area contributed by atoms with Gasteiger partial charge in [0.25, 0.3) is 5.91 Å². The van der Waals surface area contributed by atoms with Crippen molar-refractivity contribution in [1.82, 2.24) is 14.7 Å². The van der Waals surface area contributed by atoms with Crippen LogP contribution in [-0.4, -0.2) is 43.4 Å². The maximum atomic E-state index is 12.5. The number of sulfonamides is 1. The topological polar surface area (TPSA) is 91.7 Å². The Morgan fingerprint density at radius 3 is 2.80 bits per heavy atom. The van der Waals surface area contributed by atoms with Gasteiger partial charge in [0.1, 0.15) is 4.90 Å². The number of carbonyl (C=O) groups is 1. The maximum Gasteiger partial charge on any atom is 0.255 e. The summed E-state index contributed by atoms with van der Waals surface area (Å²) in [6.07, 6.45) is 4.57. The lowest BCUT2D eigenvalue weighted by Gasteiger charge is -2.17. The Bertz CT molecular complexity index is 889. The summed E-state index contributed by atoms with van der Waals surface area (Å²) < 4.78 is 25.8. The summed E-state index contributed by atoms with van der Waals surface area (Å²) >= 11 is 11.7. The highest BCUT2D eigenvalue weighted by Crippen LogP contribution is 2.26. The van der Waals surface area contributed by atoms with Gasteiger partial charge in [-0.1, -0.05) is 29.3 Å². The fourth-order valence-electron chi connectivity index (χ4n) is 1.80. The Morgan fingerprint density at radius 2 is 2.12 bits per heavy atom. The molecule has 0 aliphatic carbocycles. The first-order valence-electron chi connectivity index (χ1n) is 6.94. The SMILES string of the molecule is CN(CC(=O)N/N=C\c1cccnc1)S(=O)(=O)c1cc(Cl)ccc1Cl. The summed E-state index contributed by atoms with van der Waals surface area (Å²) in [6, 6.07) is 7.55. The van der Waals surface area contributed by atoms with Crippen molar-refractivity contribution in [2.24, 2.45) is 5.10 Å². The molecule has 0 saturated carbocycles. The first-order valence-corrected chi connectivity index (χ1v) is 9.13. The molecule has 0 unspecified atom stereocenters. The van der Waals surface area contributed by atoms with E-state index >= 15 is 0 Å². The van der Waals surface area contributed by atoms with Crippen LogP contribution in [0, 0.1) is 0 Å². The van der Waals surface area contributed by atoms with Crippen LogP contribution in [0.25, 0.3) is 0 Å². The molecule has 7 nitrogen and oxygen atoms in total. The van der Waals surface area contributed by atoms with Gasteiger partial charge in [0, 0.05) is 30.0 Å². The minimum Gasteiger partial charge on any atom is -0.272 e. The standard InChI is InChI=1S/C15H14Cl2N4O3S/c1-21(25(23,24)14-7-12(16)4-5-13(14)17)10-15(22)20-19-9-11-3-2-6-18-8-11/h2-9H,10H2,1H3,(H,20,22)/b19-9-. The molecule has 0 aliphatic heterocycles. The molecule has 0 radical (unpaired) electrons. The third-order valence-electron chi connectivity index (χ3n) is 3.04. The molecule has 1 amide bonds. The zero-order chi connectivity index (χ0) is 18.4. The van der Waals surface area contributed by atoms with Crippen LogP contribution in [0.3, 0.4) is 0 Å². The minimum atomic E-state index is -3.97. The summed E-state index contributed by atoms with van der Waals surface area (Å²) in [7, 11) is -2.71. The number of amides is 1. The van der Waals surface area contributed by atoms with Crippen LogP contribution in [0.15, 0.2) is 52.7 Å². The van der Waals surface area contributed by atoms with Gasteiger partial charge < -0.3 is 0 Å². The second-order valence-electron chi connectivity index (χ2n) is 4.92. The lowest BCUT2D eigenvalue weighted by atomic mass is 10.3. The lowest BCUT2D eigenvalue weighted by Crippen LogP contribution is -2.36. The van der Waals surface area contributed by atoms with Crippen molar-refractivity contribution in [1.29, 1.82) is 0 Å². The van der Waals surface area contributed by atoms with Gasteiger partial charge in [-0.15, -0.1) is 0 Å². The molecular formula is C15H14Cl2N4O3S. The Kier molecular flexibility index (Phi) is 6.49. The molecule has 0 fully saturated rings. The van der Waals surface area contributed by atoms with Gasteiger partial charge in [0.05, 0.1) is 17.8 Å². The number of halogens is 2. The Morgan fingerprint density at radius 1 is 1.36 bits per heavy atom. The number of hydrogen-bond acceptors (Lipinski definition) is 5. The van der Waals surface area contributed by atoms with Gasteiger partial charge in [-0.05, 0) is 24.3 Å². The second-order valence-corrected chi connectivity index (χ2v) is 7.77. The number of hydrogen-bond donors (Lipinski definition) is 1. The lowest BCUT2D eigenvalue weighted by molar-refractivity contribution is -0.121. The number of hydrazone groups is 1. The molecule has 0 aliphatic rings. The third kappa shape index (κ3) is 5.23. The average molecular weight is 401 g/mol. The molecule has 1 N–H and O–H groups in total. The third-order valence-corrected chi connectivity index (χ3v) is 5.56. The number of benzene rings is 1. The van der Waals surface area contributed by atoms with E-state index in [0.717, 1.165) is 4.31 Å². The normalized spacial score (nSPS) is 11.8. The Hall–Kier alpha value is -2.00. The average Bonchev–Trinajstić information content (AvgIpc) is 2.57. The van der Waals surface area contributed by atoms with Crippen molar-refractivity contribution in [2.45, 2.75) is 4.90 Å². The molecule has 1 heterocycles. The number of nitrogens with zero attached hydrogens (tertiary/aromatic N) is 3. The summed E-state index contributed by atoms with van der Waals surface area (Å²) in [4.78, 5) is 15.6. The van der Waals surface area contributed by atoms with E-state index in [1.807, 2.05) is 0 Å². The van der Waals surface area contributed by atoms with Gasteiger partial charge in [-0.2, -0.15) is 9.41 Å². The molecule has 25 heavy (non-hydrogen) atoms. The fourth-order valence-corrected chi connectivity index (χ4v) is 3.66. The predicted octanol–water partition coefficient (Wildman–Crippen LogP) is 2.16. The fraction of sp³-hybridized carbons (Fsp3) is 0.133. The van der Waals surface area contributed by atoms with Crippen molar-refractivity contribution in [2.75, 3.05) is 13.6 Å². The van der Waals surface area contributed by atoms with Gasteiger partial charge in [0.15, 0.2) is 0 Å². The highest BCUT2D eigenvalue weighted by molar-refractivity contribution is 7.89. The van der Waals surface area contributed by atoms with Crippen molar-refractivity contribution >= 4 is 45.3 Å². The first kappa shape index (κ1) is 19.3. The maximum absolute atomic E-state index is 12.5. The van der Waals surface area contributed by atoms with Crippen LogP contribution in [-0.2, 0) is 14.8 Å². The molecule has 0 bridgehead atoms. The molecular weight excluding hydrogens is 387 g/mol. The molecule has 10 heteroatoms. The zero-order valence-electron chi connectivity index (χ0n) is 13.1. The second kappa shape index (κ2) is 8.39. The van der Waals surface area contributed by atoms with Crippen LogP contribution in [0.4, 0.5) is 0 Å². The first-order chi connectivity index (χ1) is 11.8. The number of nitrogens with one attached hydrogen (secondary N) is 1. The van der Waals surface area contributed by atoms with Gasteiger partial charge >= 0.3 is 0 Å². The molecule has 1 aromatic heterocycles. The van der Waals surface area contributed by atoms with E-state index in [1.54, 1.807) is 24.5 Å². The van der Waals surface area contributed by atoms with Crippen LogP contribution >= 0.6 is 23.2 Å². The van der Waals surface area contributed by atoms with Crippen LogP contribution < -0.4 is 5.43 Å². The quantitative estimate of drug-likeness (QED) is 0.593. The van der Waals surface area contributed by atoms with Crippen molar-refractivity contribution in [3.63, 3.8) is 0 Å². The molecule has 2 rings (SSSR count). The van der Waals surface area contributed by atoms with E-state index in [9.17, 15) is 13.2 Å². The number of aromatic nitrogens is 1. The minimum absolute atomic E-state index is 0.0197. The molecule has 2 aromatic rings. The molecule has 0 saturated heterocycles. The summed E-state index contributed by atoms with van der Waals surface area (Å²) in [6.45, 7) is -0.435. The summed E-state index contributed by atoms with van der Waals surface area (Å²) in [5, 5.41) is 3.99. The van der Waals surface area contributed by atoms with E-state index in [0.29, 0.717) is 5.56 Å². The molecule has 132 valence electrons.